The quantitative estimate of drug-likeness (QED) is 0.160. The zero-order valence-electron chi connectivity index (χ0n) is 14.0. The van der Waals surface area contributed by atoms with Gasteiger partial charge in [0.1, 0.15) is 6.04 Å². The molecule has 13 heteroatoms. The fraction of sp³-hybridized carbons (Fsp3) is 0.615. The normalized spacial score (nSPS) is 15.1. The van der Waals surface area contributed by atoms with Crippen molar-refractivity contribution in [1.82, 2.24) is 16.0 Å². The van der Waals surface area contributed by atoms with Crippen LogP contribution >= 0.6 is 12.6 Å². The van der Waals surface area contributed by atoms with Crippen LogP contribution in [0.1, 0.15) is 13.3 Å². The van der Waals surface area contributed by atoms with Crippen molar-refractivity contribution in [3.05, 3.63) is 0 Å². The smallest absolute Gasteiger partial charge is 0.328 e. The average Bonchev–Trinajstić information content (AvgIpc) is 2.54. The first-order valence-electron chi connectivity index (χ1n) is 7.42. The van der Waals surface area contributed by atoms with Crippen LogP contribution in [-0.4, -0.2) is 76.3 Å². The molecule has 26 heavy (non-hydrogen) atoms. The van der Waals surface area contributed by atoms with Gasteiger partial charge < -0.3 is 37.6 Å². The molecule has 0 aliphatic heterocycles. The average molecular weight is 393 g/mol. The summed E-state index contributed by atoms with van der Waals surface area (Å²) in [5.41, 5.74) is 10.5. The van der Waals surface area contributed by atoms with E-state index in [1.54, 1.807) is 0 Å². The minimum atomic E-state index is -1.56. The summed E-state index contributed by atoms with van der Waals surface area (Å²) in [4.78, 5) is 57.4. The summed E-state index contributed by atoms with van der Waals surface area (Å²) in [6.45, 7) is 0.514. The lowest BCUT2D eigenvalue weighted by molar-refractivity contribution is -0.144. The number of aliphatic hydroxyl groups is 1. The maximum Gasteiger partial charge on any atom is 0.328 e. The van der Waals surface area contributed by atoms with E-state index in [4.69, 9.17) is 16.6 Å². The van der Waals surface area contributed by atoms with E-state index < -0.39 is 66.8 Å². The van der Waals surface area contributed by atoms with Gasteiger partial charge in [0.05, 0.1) is 25.1 Å². The molecule has 0 aromatic carbocycles. The molecular weight excluding hydrogens is 370 g/mol. The third-order valence-corrected chi connectivity index (χ3v) is 3.45. The van der Waals surface area contributed by atoms with Gasteiger partial charge in [-0.15, -0.1) is 0 Å². The second kappa shape index (κ2) is 11.3. The summed E-state index contributed by atoms with van der Waals surface area (Å²) in [5, 5.41) is 24.5. The molecule has 12 nitrogen and oxygen atoms in total. The molecule has 4 unspecified atom stereocenters. The molecule has 0 aromatic rings. The van der Waals surface area contributed by atoms with E-state index in [0.717, 1.165) is 0 Å². The molecule has 0 aliphatic rings. The molecule has 0 saturated carbocycles. The predicted octanol–water partition coefficient (Wildman–Crippen LogP) is -4.33. The molecular formula is C13H23N5O7S. The molecule has 0 heterocycles. The third-order valence-electron chi connectivity index (χ3n) is 3.06. The van der Waals surface area contributed by atoms with Crippen LogP contribution in [0.3, 0.4) is 0 Å². The number of nitrogens with one attached hydrogen (secondary N) is 3. The molecule has 0 bridgehead atoms. The van der Waals surface area contributed by atoms with Crippen LogP contribution in [0.25, 0.3) is 0 Å². The van der Waals surface area contributed by atoms with E-state index >= 15 is 0 Å². The highest BCUT2D eigenvalue weighted by Gasteiger charge is 2.27. The molecule has 0 fully saturated rings. The Morgan fingerprint density at radius 1 is 1.12 bits per heavy atom. The summed E-state index contributed by atoms with van der Waals surface area (Å²) in [6.07, 6.45) is -1.90. The maximum atomic E-state index is 12.0. The van der Waals surface area contributed by atoms with Crippen LogP contribution in [-0.2, 0) is 24.0 Å². The minimum Gasteiger partial charge on any atom is -0.480 e. The number of aliphatic hydroxyl groups excluding tert-OH is 1. The predicted molar refractivity (Wildman–Crippen MR) is 91.8 cm³/mol. The Morgan fingerprint density at radius 3 is 2.12 bits per heavy atom. The summed E-state index contributed by atoms with van der Waals surface area (Å²) in [5.74, 6) is -4.89. The molecule has 0 aromatic heterocycles. The van der Waals surface area contributed by atoms with Crippen molar-refractivity contribution in [2.45, 2.75) is 37.6 Å². The highest BCUT2D eigenvalue weighted by molar-refractivity contribution is 7.80. The van der Waals surface area contributed by atoms with Gasteiger partial charge in [-0.25, -0.2) is 4.79 Å². The van der Waals surface area contributed by atoms with E-state index in [1.165, 1.54) is 6.92 Å². The third kappa shape index (κ3) is 8.64. The second-order valence-electron chi connectivity index (χ2n) is 5.36. The molecule has 0 saturated heterocycles. The number of carbonyl (C=O) groups is 5. The van der Waals surface area contributed by atoms with Crippen molar-refractivity contribution in [2.24, 2.45) is 11.5 Å². The van der Waals surface area contributed by atoms with E-state index in [-0.39, 0.29) is 5.75 Å². The number of rotatable bonds is 11. The van der Waals surface area contributed by atoms with Crippen LogP contribution in [0.4, 0.5) is 0 Å². The molecule has 148 valence electrons. The van der Waals surface area contributed by atoms with Crippen molar-refractivity contribution in [3.63, 3.8) is 0 Å². The van der Waals surface area contributed by atoms with Gasteiger partial charge in [-0.1, -0.05) is 0 Å². The number of primary amides is 1. The van der Waals surface area contributed by atoms with Crippen molar-refractivity contribution in [2.75, 3.05) is 12.3 Å². The summed E-state index contributed by atoms with van der Waals surface area (Å²) >= 11 is 3.83. The number of nitrogens with two attached hydrogens (primary N) is 2. The summed E-state index contributed by atoms with van der Waals surface area (Å²) < 4.78 is 0. The van der Waals surface area contributed by atoms with Gasteiger partial charge >= 0.3 is 5.97 Å². The van der Waals surface area contributed by atoms with E-state index in [2.05, 4.69) is 23.3 Å². The topological polar surface area (TPSA) is 214 Å². The van der Waals surface area contributed by atoms with Gasteiger partial charge in [0, 0.05) is 5.75 Å². The van der Waals surface area contributed by atoms with Crippen molar-refractivity contribution in [3.8, 4) is 0 Å². The largest absolute Gasteiger partial charge is 0.480 e. The Labute approximate surface area is 154 Å². The van der Waals surface area contributed by atoms with Gasteiger partial charge in [-0.3, -0.25) is 19.2 Å². The standard InChI is InChI=1S/C13H23N5O7S/c1-5(19)10(13(24)25)18-9(21)3-16-12(23)7(2-8(15)20)17-11(22)6(14)4-26/h5-7,10,19,26H,2-4,14H2,1H3,(H2,15,20)(H,16,23)(H,17,22)(H,18,21)(H,24,25). The summed E-state index contributed by atoms with van der Waals surface area (Å²) in [6, 6.07) is -3.95. The summed E-state index contributed by atoms with van der Waals surface area (Å²) in [7, 11) is 0. The Hall–Kier alpha value is -2.38. The Morgan fingerprint density at radius 2 is 1.69 bits per heavy atom. The number of hydrogen-bond acceptors (Lipinski definition) is 8. The van der Waals surface area contributed by atoms with E-state index in [0.29, 0.717) is 0 Å². The minimum absolute atomic E-state index is 0.00489. The number of hydrogen-bond donors (Lipinski definition) is 8. The van der Waals surface area contributed by atoms with Gasteiger partial charge in [0.25, 0.3) is 0 Å². The van der Waals surface area contributed by atoms with Crippen molar-refractivity contribution in [1.29, 1.82) is 0 Å². The Balaban J connectivity index is 4.78. The molecule has 0 radical (unpaired) electrons. The number of carboxylic acids is 1. The lowest BCUT2D eigenvalue weighted by atomic mass is 10.1. The Bertz CT molecular complexity index is 557. The highest BCUT2D eigenvalue weighted by atomic mass is 32.1. The molecule has 0 aliphatic carbocycles. The fourth-order valence-electron chi connectivity index (χ4n) is 1.68. The molecule has 9 N–H and O–H groups in total. The van der Waals surface area contributed by atoms with Gasteiger partial charge in [-0.2, -0.15) is 12.6 Å². The zero-order chi connectivity index (χ0) is 20.4. The Kier molecular flexibility index (Phi) is 10.2. The number of amides is 4. The lowest BCUT2D eigenvalue weighted by Crippen LogP contribution is -2.55. The van der Waals surface area contributed by atoms with Gasteiger partial charge in [0.2, 0.25) is 23.6 Å². The maximum absolute atomic E-state index is 12.0. The fourth-order valence-corrected chi connectivity index (χ4v) is 1.84. The van der Waals surface area contributed by atoms with Crippen molar-refractivity contribution < 1.29 is 34.2 Å². The number of carbonyl (C=O) groups excluding carboxylic acids is 4. The van der Waals surface area contributed by atoms with E-state index in [9.17, 15) is 29.1 Å². The van der Waals surface area contributed by atoms with Crippen LogP contribution in [0.15, 0.2) is 0 Å². The molecule has 4 atom stereocenters. The highest BCUT2D eigenvalue weighted by Crippen LogP contribution is 1.96. The lowest BCUT2D eigenvalue weighted by Gasteiger charge is -2.20. The second-order valence-corrected chi connectivity index (χ2v) is 5.73. The molecule has 4 amide bonds. The van der Waals surface area contributed by atoms with Gasteiger partial charge in [-0.05, 0) is 6.92 Å². The molecule has 0 spiro atoms. The zero-order valence-corrected chi connectivity index (χ0v) is 14.9. The van der Waals surface area contributed by atoms with Crippen LogP contribution in [0, 0.1) is 0 Å². The number of carboxylic acid groups (broad SMARTS) is 1. The first-order chi connectivity index (χ1) is 12.0. The van der Waals surface area contributed by atoms with Crippen LogP contribution < -0.4 is 27.4 Å². The monoisotopic (exact) mass is 393 g/mol. The van der Waals surface area contributed by atoms with Crippen LogP contribution in [0.2, 0.25) is 0 Å². The van der Waals surface area contributed by atoms with Gasteiger partial charge in [0.15, 0.2) is 6.04 Å². The number of thiol groups is 1. The molecule has 0 rings (SSSR count). The SMILES string of the molecule is CC(O)C(NC(=O)CNC(=O)C(CC(N)=O)NC(=O)C(N)CS)C(=O)O. The first-order valence-corrected chi connectivity index (χ1v) is 8.05. The number of aliphatic carboxylic acids is 1. The first kappa shape index (κ1) is 23.6. The van der Waals surface area contributed by atoms with Crippen LogP contribution in [0.5, 0.6) is 0 Å². The van der Waals surface area contributed by atoms with Crippen molar-refractivity contribution >= 4 is 42.2 Å². The van der Waals surface area contributed by atoms with E-state index in [1.807, 2.05) is 5.32 Å².